The van der Waals surface area contributed by atoms with Crippen LogP contribution in [0.15, 0.2) is 47.1 Å². The van der Waals surface area contributed by atoms with E-state index in [-0.39, 0.29) is 26.5 Å². The molecule has 2 aromatic rings. The van der Waals surface area contributed by atoms with Crippen LogP contribution < -0.4 is 10.2 Å². The molecule has 128 valence electrons. The van der Waals surface area contributed by atoms with Gasteiger partial charge in [0.25, 0.3) is 11.8 Å². The van der Waals surface area contributed by atoms with Crippen molar-refractivity contribution in [2.24, 2.45) is 0 Å². The van der Waals surface area contributed by atoms with Crippen LogP contribution in [0.2, 0.25) is 15.1 Å². The predicted molar refractivity (Wildman–Crippen MR) is 102 cm³/mol. The third-order valence-corrected chi connectivity index (χ3v) is 5.30. The maximum Gasteiger partial charge on any atom is 0.283 e. The van der Waals surface area contributed by atoms with Crippen LogP contribution in [0.3, 0.4) is 0 Å². The molecule has 0 unspecified atom stereocenters. The number of imide groups is 1. The number of nitrogens with zero attached hydrogens (tertiary/aromatic N) is 1. The largest absolute Gasteiger partial charge is 0.349 e. The number of nitrogens with one attached hydrogen (secondary N) is 1. The van der Waals surface area contributed by atoms with E-state index in [1.54, 1.807) is 37.3 Å². The van der Waals surface area contributed by atoms with Crippen LogP contribution in [0, 0.1) is 6.92 Å². The van der Waals surface area contributed by atoms with Crippen LogP contribution in [0.4, 0.5) is 11.4 Å². The predicted octanol–water partition coefficient (Wildman–Crippen LogP) is 5.39. The molecule has 2 amide bonds. The number of amides is 2. The van der Waals surface area contributed by atoms with Gasteiger partial charge in [0, 0.05) is 10.7 Å². The van der Waals surface area contributed by atoms with Crippen LogP contribution in [-0.4, -0.2) is 11.8 Å². The van der Waals surface area contributed by atoms with Gasteiger partial charge in [0.1, 0.15) is 10.7 Å². The Morgan fingerprint density at radius 1 is 0.880 bits per heavy atom. The second-order valence-corrected chi connectivity index (χ2v) is 6.82. The maximum absolute atomic E-state index is 12.8. The molecule has 1 aliphatic heterocycles. The second kappa shape index (κ2) is 6.89. The first-order chi connectivity index (χ1) is 11.8. The lowest BCUT2D eigenvalue weighted by Crippen LogP contribution is -2.32. The Hall–Kier alpha value is -1.72. The van der Waals surface area contributed by atoms with Crippen molar-refractivity contribution in [1.82, 2.24) is 0 Å². The number of benzene rings is 2. The van der Waals surface area contributed by atoms with E-state index in [4.69, 9.17) is 46.4 Å². The highest BCUT2D eigenvalue weighted by Gasteiger charge is 2.40. The third kappa shape index (κ3) is 3.11. The second-order valence-electron chi connectivity index (χ2n) is 5.25. The van der Waals surface area contributed by atoms with Gasteiger partial charge < -0.3 is 5.32 Å². The average molecular weight is 416 g/mol. The third-order valence-electron chi connectivity index (χ3n) is 3.73. The molecule has 0 atom stereocenters. The molecular weight excluding hydrogens is 406 g/mol. The van der Waals surface area contributed by atoms with E-state index in [0.717, 1.165) is 10.5 Å². The summed E-state index contributed by atoms with van der Waals surface area (Å²) in [5.41, 5.74) is 1.41. The fourth-order valence-corrected chi connectivity index (χ4v) is 3.14. The number of hydrogen-bond acceptors (Lipinski definition) is 3. The van der Waals surface area contributed by atoms with Crippen molar-refractivity contribution in [2.75, 3.05) is 10.2 Å². The van der Waals surface area contributed by atoms with Gasteiger partial charge in [0.15, 0.2) is 0 Å². The molecule has 2 aromatic carbocycles. The summed E-state index contributed by atoms with van der Waals surface area (Å²) in [5.74, 6) is -1.31. The summed E-state index contributed by atoms with van der Waals surface area (Å²) >= 11 is 24.3. The van der Waals surface area contributed by atoms with Gasteiger partial charge >= 0.3 is 0 Å². The zero-order valence-electron chi connectivity index (χ0n) is 12.7. The molecule has 0 fully saturated rings. The SMILES string of the molecule is Cc1c(Cl)cccc1NC1=C(Cl)C(=O)N(c2cccc(Cl)c2Cl)C1=O. The molecule has 4 nitrogen and oxygen atoms in total. The molecular formula is C17H10Cl4N2O2. The number of hydrogen-bond donors (Lipinski definition) is 1. The quantitative estimate of drug-likeness (QED) is 0.683. The molecule has 1 heterocycles. The minimum absolute atomic E-state index is 0.0481. The smallest absolute Gasteiger partial charge is 0.283 e. The topological polar surface area (TPSA) is 49.4 Å². The highest BCUT2D eigenvalue weighted by Crippen LogP contribution is 2.38. The van der Waals surface area contributed by atoms with Crippen molar-refractivity contribution >= 4 is 69.6 Å². The van der Waals surface area contributed by atoms with Gasteiger partial charge in [-0.25, -0.2) is 4.90 Å². The minimum Gasteiger partial charge on any atom is -0.349 e. The van der Waals surface area contributed by atoms with E-state index in [0.29, 0.717) is 10.7 Å². The highest BCUT2D eigenvalue weighted by atomic mass is 35.5. The van der Waals surface area contributed by atoms with Crippen LogP contribution in [-0.2, 0) is 9.59 Å². The van der Waals surface area contributed by atoms with Gasteiger partial charge in [-0.05, 0) is 36.8 Å². The first-order valence-electron chi connectivity index (χ1n) is 7.07. The summed E-state index contributed by atoms with van der Waals surface area (Å²) in [6.45, 7) is 1.78. The average Bonchev–Trinajstić information content (AvgIpc) is 2.78. The van der Waals surface area contributed by atoms with Crippen LogP contribution in [0.5, 0.6) is 0 Å². The summed E-state index contributed by atoms with van der Waals surface area (Å²) in [6, 6.07) is 9.83. The Bertz CT molecular complexity index is 940. The first kappa shape index (κ1) is 18.1. The number of halogens is 4. The summed E-state index contributed by atoms with van der Waals surface area (Å²) in [7, 11) is 0. The fraction of sp³-hybridized carbons (Fsp3) is 0.0588. The molecule has 0 saturated carbocycles. The number of carbonyl (C=O) groups is 2. The molecule has 0 bridgehead atoms. The summed E-state index contributed by atoms with van der Waals surface area (Å²) in [4.78, 5) is 26.1. The zero-order valence-corrected chi connectivity index (χ0v) is 15.8. The van der Waals surface area contributed by atoms with E-state index < -0.39 is 11.8 Å². The van der Waals surface area contributed by atoms with E-state index in [2.05, 4.69) is 5.32 Å². The maximum atomic E-state index is 12.8. The van der Waals surface area contributed by atoms with Crippen molar-refractivity contribution in [2.45, 2.75) is 6.92 Å². The van der Waals surface area contributed by atoms with Gasteiger partial charge in [-0.1, -0.05) is 58.5 Å². The Morgan fingerprint density at radius 3 is 2.24 bits per heavy atom. The van der Waals surface area contributed by atoms with E-state index in [1.807, 2.05) is 0 Å². The van der Waals surface area contributed by atoms with Crippen LogP contribution in [0.1, 0.15) is 5.56 Å². The molecule has 0 aromatic heterocycles. The van der Waals surface area contributed by atoms with Crippen molar-refractivity contribution in [3.63, 3.8) is 0 Å². The van der Waals surface area contributed by atoms with Gasteiger partial charge in [-0.15, -0.1) is 0 Å². The fourth-order valence-electron chi connectivity index (χ4n) is 2.37. The van der Waals surface area contributed by atoms with Crippen LogP contribution >= 0.6 is 46.4 Å². The van der Waals surface area contributed by atoms with E-state index >= 15 is 0 Å². The van der Waals surface area contributed by atoms with E-state index in [1.165, 1.54) is 6.07 Å². The Kier molecular flexibility index (Phi) is 4.98. The summed E-state index contributed by atoms with van der Waals surface area (Å²) in [6.07, 6.45) is 0. The Labute approximate surface area is 163 Å². The normalized spacial score (nSPS) is 14.5. The van der Waals surface area contributed by atoms with Crippen molar-refractivity contribution in [3.05, 3.63) is 67.8 Å². The number of anilines is 2. The molecule has 3 rings (SSSR count). The van der Waals surface area contributed by atoms with Crippen LogP contribution in [0.25, 0.3) is 0 Å². The van der Waals surface area contributed by atoms with Gasteiger partial charge in [0.2, 0.25) is 0 Å². The van der Waals surface area contributed by atoms with Gasteiger partial charge in [-0.2, -0.15) is 0 Å². The standard InChI is InChI=1S/C17H10Cl4N2O2/c1-8-9(18)4-2-6-11(8)22-15-14(21)16(24)23(17(15)25)12-7-3-5-10(19)13(12)20/h2-7,22H,1H3. The lowest BCUT2D eigenvalue weighted by molar-refractivity contribution is -0.120. The lowest BCUT2D eigenvalue weighted by Gasteiger charge is -2.17. The summed E-state index contributed by atoms with van der Waals surface area (Å²) < 4.78 is 0. The zero-order chi connectivity index (χ0) is 18.3. The molecule has 1 N–H and O–H groups in total. The molecule has 0 aliphatic carbocycles. The van der Waals surface area contributed by atoms with Crippen molar-refractivity contribution < 1.29 is 9.59 Å². The summed E-state index contributed by atoms with van der Waals surface area (Å²) in [5, 5.41) is 3.49. The molecule has 0 radical (unpaired) electrons. The minimum atomic E-state index is -0.682. The van der Waals surface area contributed by atoms with Crippen molar-refractivity contribution in [1.29, 1.82) is 0 Å². The molecule has 0 saturated heterocycles. The van der Waals surface area contributed by atoms with Gasteiger partial charge in [-0.3, -0.25) is 9.59 Å². The highest BCUT2D eigenvalue weighted by molar-refractivity contribution is 6.54. The first-order valence-corrected chi connectivity index (χ1v) is 8.58. The number of rotatable bonds is 3. The molecule has 25 heavy (non-hydrogen) atoms. The van der Waals surface area contributed by atoms with Crippen molar-refractivity contribution in [3.8, 4) is 0 Å². The monoisotopic (exact) mass is 414 g/mol. The molecule has 1 aliphatic rings. The number of carbonyl (C=O) groups excluding carboxylic acids is 2. The Morgan fingerprint density at radius 2 is 1.52 bits per heavy atom. The lowest BCUT2D eigenvalue weighted by atomic mass is 10.2. The van der Waals surface area contributed by atoms with E-state index in [9.17, 15) is 9.59 Å². The molecule has 0 spiro atoms. The van der Waals surface area contributed by atoms with Gasteiger partial charge in [0.05, 0.1) is 15.7 Å². The molecule has 8 heteroatoms. The Balaban J connectivity index is 2.00.